The quantitative estimate of drug-likeness (QED) is 0.796. The third-order valence-corrected chi connectivity index (χ3v) is 6.32. The largest absolute Gasteiger partial charge is 0.487 e. The van der Waals surface area contributed by atoms with Crippen LogP contribution >= 0.6 is 0 Å². The lowest BCUT2D eigenvalue weighted by Crippen LogP contribution is -2.68. The molecule has 0 N–H and O–H groups in total. The van der Waals surface area contributed by atoms with Crippen LogP contribution < -0.4 is 4.74 Å². The molecule has 1 aromatic carbocycles. The molecule has 0 saturated carbocycles. The van der Waals surface area contributed by atoms with Gasteiger partial charge in [-0.05, 0) is 56.9 Å². The first-order valence-corrected chi connectivity index (χ1v) is 10.4. The first kappa shape index (κ1) is 19.1. The second kappa shape index (κ2) is 8.00. The van der Waals surface area contributed by atoms with Crippen molar-refractivity contribution in [1.82, 2.24) is 14.4 Å². The molecule has 3 heterocycles. The number of ether oxygens (including phenoxy) is 1. The maximum absolute atomic E-state index is 12.8. The van der Waals surface area contributed by atoms with Crippen molar-refractivity contribution in [3.05, 3.63) is 54.4 Å². The normalized spacial score (nSPS) is 23.6. The van der Waals surface area contributed by atoms with Crippen LogP contribution in [0.4, 0.5) is 0 Å². The third kappa shape index (κ3) is 3.68. The molecule has 0 radical (unpaired) electrons. The highest BCUT2D eigenvalue weighted by molar-refractivity contribution is 5.92. The number of carbonyl (C=O) groups is 1. The summed E-state index contributed by atoms with van der Waals surface area (Å²) in [5.74, 6) is 1.68. The number of hydrogen-bond acceptors (Lipinski definition) is 3. The summed E-state index contributed by atoms with van der Waals surface area (Å²) in [4.78, 5) is 17.4. The van der Waals surface area contributed by atoms with Crippen LogP contribution in [0.5, 0.6) is 5.75 Å². The van der Waals surface area contributed by atoms with E-state index in [0.717, 1.165) is 43.9 Å². The number of benzene rings is 1. The van der Waals surface area contributed by atoms with Gasteiger partial charge in [0.1, 0.15) is 17.5 Å². The van der Waals surface area contributed by atoms with Crippen LogP contribution in [0.25, 0.3) is 0 Å². The maximum atomic E-state index is 12.8. The Labute approximate surface area is 167 Å². The van der Waals surface area contributed by atoms with Crippen LogP contribution in [0.3, 0.4) is 0 Å². The third-order valence-electron chi connectivity index (χ3n) is 6.32. The summed E-state index contributed by atoms with van der Waals surface area (Å²) < 4.78 is 8.23. The number of piperidine rings is 1. The molecule has 0 bridgehead atoms. The maximum Gasteiger partial charge on any atom is 0.270 e. The van der Waals surface area contributed by atoms with Gasteiger partial charge in [0.25, 0.3) is 5.91 Å². The lowest BCUT2D eigenvalue weighted by Gasteiger charge is -2.54. The zero-order valence-electron chi connectivity index (χ0n) is 17.1. The van der Waals surface area contributed by atoms with Crippen molar-refractivity contribution in [1.29, 1.82) is 0 Å². The summed E-state index contributed by atoms with van der Waals surface area (Å²) in [5.41, 5.74) is 0.774. The number of nitrogens with zero attached hydrogens (tertiary/aromatic N) is 3. The van der Waals surface area contributed by atoms with Crippen molar-refractivity contribution < 1.29 is 9.53 Å². The minimum Gasteiger partial charge on any atom is -0.487 e. The molecule has 1 amide bonds. The van der Waals surface area contributed by atoms with Crippen LogP contribution in [0.1, 0.15) is 37.2 Å². The molecule has 2 saturated heterocycles. The lowest BCUT2D eigenvalue weighted by atomic mass is 9.79. The van der Waals surface area contributed by atoms with Crippen LogP contribution in [0.15, 0.2) is 48.7 Å². The van der Waals surface area contributed by atoms with Crippen molar-refractivity contribution in [2.45, 2.75) is 44.9 Å². The molecule has 0 unspecified atom stereocenters. The molecule has 5 nitrogen and oxygen atoms in total. The number of aryl methyl sites for hydroxylation is 1. The van der Waals surface area contributed by atoms with Gasteiger partial charge in [0.2, 0.25) is 0 Å². The zero-order chi connectivity index (χ0) is 19.7. The fourth-order valence-electron chi connectivity index (χ4n) is 4.71. The zero-order valence-corrected chi connectivity index (χ0v) is 17.1. The molecule has 0 spiro atoms. The standard InChI is InChI=1S/C23H31N3O2/c1-17(2)26-16-21(28-19-8-5-4-6-9-19)22(26)18-11-14-25(15-12-18)23(27)20-10-7-13-24(20)3/h4-10,13,17-18,21-22H,11-12,14-16H2,1-3H3/t21-,22-/m0/s1. The minimum absolute atomic E-state index is 0.150. The number of hydrogen-bond donors (Lipinski definition) is 0. The van der Waals surface area contributed by atoms with Crippen LogP contribution in [-0.4, -0.2) is 58.1 Å². The van der Waals surface area contributed by atoms with E-state index < -0.39 is 0 Å². The van der Waals surface area contributed by atoms with Crippen molar-refractivity contribution >= 4 is 5.91 Å². The Morgan fingerprint density at radius 3 is 2.39 bits per heavy atom. The smallest absolute Gasteiger partial charge is 0.270 e. The van der Waals surface area contributed by atoms with E-state index in [9.17, 15) is 4.79 Å². The van der Waals surface area contributed by atoms with Crippen molar-refractivity contribution in [3.8, 4) is 5.75 Å². The number of para-hydroxylation sites is 1. The van der Waals surface area contributed by atoms with Gasteiger partial charge in [-0.3, -0.25) is 9.69 Å². The Balaban J connectivity index is 1.39. The summed E-state index contributed by atoms with van der Waals surface area (Å²) >= 11 is 0. The van der Waals surface area contributed by atoms with Crippen molar-refractivity contribution in [3.63, 3.8) is 0 Å². The number of likely N-dealkylation sites (tertiary alicyclic amines) is 2. The van der Waals surface area contributed by atoms with E-state index in [2.05, 4.69) is 18.7 Å². The Bertz CT molecular complexity index is 793. The van der Waals surface area contributed by atoms with Gasteiger partial charge in [0, 0.05) is 38.9 Å². The van der Waals surface area contributed by atoms with E-state index >= 15 is 0 Å². The van der Waals surface area contributed by atoms with Crippen LogP contribution in [0.2, 0.25) is 0 Å². The predicted molar refractivity (Wildman–Crippen MR) is 111 cm³/mol. The van der Waals surface area contributed by atoms with E-state index in [-0.39, 0.29) is 12.0 Å². The van der Waals surface area contributed by atoms with Gasteiger partial charge in [0.05, 0.1) is 6.04 Å². The van der Waals surface area contributed by atoms with Crippen LogP contribution in [0, 0.1) is 5.92 Å². The number of aromatic nitrogens is 1. The van der Waals surface area contributed by atoms with Gasteiger partial charge in [-0.25, -0.2) is 0 Å². The van der Waals surface area contributed by atoms with Gasteiger partial charge in [0.15, 0.2) is 0 Å². The highest BCUT2D eigenvalue weighted by Crippen LogP contribution is 2.36. The minimum atomic E-state index is 0.150. The van der Waals surface area contributed by atoms with Crippen molar-refractivity contribution in [2.24, 2.45) is 13.0 Å². The molecule has 28 heavy (non-hydrogen) atoms. The fourth-order valence-corrected chi connectivity index (χ4v) is 4.71. The predicted octanol–water partition coefficient (Wildman–Crippen LogP) is 3.42. The SMILES string of the molecule is CC(C)N1C[C@H](Oc2ccccc2)[C@@H]1C1CCN(C(=O)c2cccn2C)CC1. The van der Waals surface area contributed by atoms with Gasteiger partial charge in [-0.1, -0.05) is 18.2 Å². The van der Waals surface area contributed by atoms with Gasteiger partial charge in [-0.15, -0.1) is 0 Å². The molecule has 2 aromatic rings. The molecule has 1 aromatic heterocycles. The first-order valence-electron chi connectivity index (χ1n) is 10.4. The second-order valence-corrected chi connectivity index (χ2v) is 8.38. The van der Waals surface area contributed by atoms with E-state index in [1.165, 1.54) is 0 Å². The molecular weight excluding hydrogens is 350 g/mol. The molecule has 2 atom stereocenters. The summed E-state index contributed by atoms with van der Waals surface area (Å²) in [6.45, 7) is 7.17. The highest BCUT2D eigenvalue weighted by atomic mass is 16.5. The summed E-state index contributed by atoms with van der Waals surface area (Å²) in [7, 11) is 1.93. The molecule has 150 valence electrons. The average molecular weight is 382 g/mol. The van der Waals surface area contributed by atoms with Crippen LogP contribution in [-0.2, 0) is 7.05 Å². The average Bonchev–Trinajstić information content (AvgIpc) is 3.11. The number of amides is 1. The molecular formula is C23H31N3O2. The first-order chi connectivity index (χ1) is 13.5. The van der Waals surface area contributed by atoms with E-state index in [4.69, 9.17) is 4.74 Å². The Morgan fingerprint density at radius 2 is 1.79 bits per heavy atom. The van der Waals surface area contributed by atoms with E-state index in [1.807, 2.05) is 65.2 Å². The molecule has 2 aliphatic rings. The Hall–Kier alpha value is -2.27. The lowest BCUT2D eigenvalue weighted by molar-refractivity contribution is -0.0983. The Morgan fingerprint density at radius 1 is 1.07 bits per heavy atom. The molecule has 2 aliphatic heterocycles. The van der Waals surface area contributed by atoms with Gasteiger partial charge in [-0.2, -0.15) is 0 Å². The summed E-state index contributed by atoms with van der Waals surface area (Å²) in [5, 5.41) is 0. The van der Waals surface area contributed by atoms with Gasteiger partial charge >= 0.3 is 0 Å². The molecule has 2 fully saturated rings. The summed E-state index contributed by atoms with van der Waals surface area (Å²) in [6, 6.07) is 14.9. The number of carbonyl (C=O) groups excluding carboxylic acids is 1. The van der Waals surface area contributed by atoms with E-state index in [1.54, 1.807) is 0 Å². The fraction of sp³-hybridized carbons (Fsp3) is 0.522. The molecule has 4 rings (SSSR count). The molecule has 0 aliphatic carbocycles. The topological polar surface area (TPSA) is 37.7 Å². The highest BCUT2D eigenvalue weighted by Gasteiger charge is 2.47. The molecule has 5 heteroatoms. The number of rotatable bonds is 5. The van der Waals surface area contributed by atoms with Crippen molar-refractivity contribution in [2.75, 3.05) is 19.6 Å². The monoisotopic (exact) mass is 381 g/mol. The van der Waals surface area contributed by atoms with E-state index in [0.29, 0.717) is 18.0 Å². The summed E-state index contributed by atoms with van der Waals surface area (Å²) in [6.07, 6.45) is 4.25. The second-order valence-electron chi connectivity index (χ2n) is 8.38. The Kier molecular flexibility index (Phi) is 5.44. The van der Waals surface area contributed by atoms with Gasteiger partial charge < -0.3 is 14.2 Å².